The zero-order valence-corrected chi connectivity index (χ0v) is 12.1. The van der Waals surface area contributed by atoms with E-state index in [1.165, 1.54) is 25.7 Å². The number of nitrogens with zero attached hydrogens (tertiary/aromatic N) is 3. The Morgan fingerprint density at radius 3 is 2.40 bits per heavy atom. The van der Waals surface area contributed by atoms with Crippen LogP contribution >= 0.6 is 0 Å². The lowest BCUT2D eigenvalue weighted by atomic mass is 10.2. The number of rotatable bonds is 2. The lowest BCUT2D eigenvalue weighted by Crippen LogP contribution is -2.32. The largest absolute Gasteiger partial charge is 0.396 e. The van der Waals surface area contributed by atoms with Crippen LogP contribution in [-0.4, -0.2) is 33.7 Å². The van der Waals surface area contributed by atoms with Crippen LogP contribution in [-0.2, 0) is 0 Å². The number of nitrogens with two attached hydrogens (primary N) is 1. The number of hydrogen-bond acceptors (Lipinski definition) is 3. The van der Waals surface area contributed by atoms with Crippen molar-refractivity contribution >= 4 is 11.6 Å². The number of carbonyl (C=O) groups is 1. The van der Waals surface area contributed by atoms with Crippen molar-refractivity contribution < 1.29 is 4.79 Å². The molecule has 1 aliphatic carbocycles. The molecule has 110 valence electrons. The third kappa shape index (κ3) is 2.67. The maximum atomic E-state index is 12.6. The smallest absolute Gasteiger partial charge is 0.276 e. The van der Waals surface area contributed by atoms with Gasteiger partial charge in [0.15, 0.2) is 5.69 Å². The van der Waals surface area contributed by atoms with E-state index in [0.29, 0.717) is 17.4 Å². The summed E-state index contributed by atoms with van der Waals surface area (Å²) in [6.45, 7) is 1.68. The molecule has 2 aliphatic rings. The maximum Gasteiger partial charge on any atom is 0.276 e. The van der Waals surface area contributed by atoms with Crippen LogP contribution in [0.15, 0.2) is 6.20 Å². The molecule has 0 spiro atoms. The fourth-order valence-electron chi connectivity index (χ4n) is 3.35. The van der Waals surface area contributed by atoms with Crippen molar-refractivity contribution in [2.45, 2.75) is 57.4 Å². The second-order valence-corrected chi connectivity index (χ2v) is 6.06. The van der Waals surface area contributed by atoms with Crippen LogP contribution in [0.1, 0.15) is 67.9 Å². The van der Waals surface area contributed by atoms with Crippen LogP contribution < -0.4 is 5.73 Å². The molecule has 1 aromatic rings. The first kappa shape index (κ1) is 13.5. The van der Waals surface area contributed by atoms with E-state index < -0.39 is 0 Å². The molecule has 2 fully saturated rings. The summed E-state index contributed by atoms with van der Waals surface area (Å²) in [5, 5.41) is 4.50. The van der Waals surface area contributed by atoms with E-state index >= 15 is 0 Å². The molecule has 0 aromatic carbocycles. The van der Waals surface area contributed by atoms with Crippen LogP contribution in [0.25, 0.3) is 0 Å². The van der Waals surface area contributed by atoms with Gasteiger partial charge in [0.25, 0.3) is 5.91 Å². The van der Waals surface area contributed by atoms with Crippen LogP contribution in [0.3, 0.4) is 0 Å². The highest BCUT2D eigenvalue weighted by Crippen LogP contribution is 2.30. The summed E-state index contributed by atoms with van der Waals surface area (Å²) in [5.41, 5.74) is 7.02. The number of likely N-dealkylation sites (tertiary alicyclic amines) is 1. The maximum absolute atomic E-state index is 12.6. The molecule has 0 unspecified atom stereocenters. The van der Waals surface area contributed by atoms with Gasteiger partial charge in [-0.15, -0.1) is 0 Å². The minimum atomic E-state index is 0.0150. The number of aromatic nitrogens is 2. The van der Waals surface area contributed by atoms with Gasteiger partial charge < -0.3 is 10.6 Å². The van der Waals surface area contributed by atoms with E-state index in [2.05, 4.69) is 5.10 Å². The van der Waals surface area contributed by atoms with Crippen molar-refractivity contribution in [1.82, 2.24) is 14.7 Å². The number of amides is 1. The standard InChI is InChI=1S/C15H24N4O/c16-13-11-19(12-7-3-4-8-12)17-14(13)15(20)18-9-5-1-2-6-10-18/h11-12H,1-10,16H2. The topological polar surface area (TPSA) is 64.2 Å². The molecule has 5 heteroatoms. The molecule has 0 atom stereocenters. The molecule has 2 heterocycles. The average molecular weight is 276 g/mol. The molecule has 1 amide bonds. The quantitative estimate of drug-likeness (QED) is 0.903. The molecule has 5 nitrogen and oxygen atoms in total. The summed E-state index contributed by atoms with van der Waals surface area (Å²) in [7, 11) is 0. The average Bonchev–Trinajstić information content (AvgIpc) is 3.01. The van der Waals surface area contributed by atoms with Crippen molar-refractivity contribution in [3.8, 4) is 0 Å². The van der Waals surface area contributed by atoms with E-state index in [9.17, 15) is 4.79 Å². The van der Waals surface area contributed by atoms with Gasteiger partial charge in [-0.2, -0.15) is 5.10 Å². The Hall–Kier alpha value is -1.52. The number of anilines is 1. The summed E-state index contributed by atoms with van der Waals surface area (Å²) < 4.78 is 1.92. The Morgan fingerprint density at radius 1 is 1.10 bits per heavy atom. The molecule has 0 radical (unpaired) electrons. The fourth-order valence-corrected chi connectivity index (χ4v) is 3.35. The van der Waals surface area contributed by atoms with E-state index in [1.54, 1.807) is 0 Å². The highest BCUT2D eigenvalue weighted by molar-refractivity contribution is 5.97. The molecule has 1 aliphatic heterocycles. The summed E-state index contributed by atoms with van der Waals surface area (Å²) in [6.07, 6.45) is 11.3. The first-order valence-corrected chi connectivity index (χ1v) is 7.89. The van der Waals surface area contributed by atoms with E-state index in [1.807, 2.05) is 15.8 Å². The Balaban J connectivity index is 1.76. The summed E-state index contributed by atoms with van der Waals surface area (Å²) in [6, 6.07) is 0.433. The fraction of sp³-hybridized carbons (Fsp3) is 0.733. The molecule has 1 saturated carbocycles. The molecule has 0 bridgehead atoms. The van der Waals surface area contributed by atoms with Crippen molar-refractivity contribution in [3.05, 3.63) is 11.9 Å². The van der Waals surface area contributed by atoms with Gasteiger partial charge >= 0.3 is 0 Å². The minimum Gasteiger partial charge on any atom is -0.396 e. The summed E-state index contributed by atoms with van der Waals surface area (Å²) in [5.74, 6) is 0.0150. The van der Waals surface area contributed by atoms with Crippen LogP contribution in [0.5, 0.6) is 0 Å². The van der Waals surface area contributed by atoms with Gasteiger partial charge in [-0.25, -0.2) is 0 Å². The molecular formula is C15H24N4O. The van der Waals surface area contributed by atoms with Crippen molar-refractivity contribution in [2.75, 3.05) is 18.8 Å². The lowest BCUT2D eigenvalue weighted by molar-refractivity contribution is 0.0755. The van der Waals surface area contributed by atoms with Crippen molar-refractivity contribution in [3.63, 3.8) is 0 Å². The molecule has 20 heavy (non-hydrogen) atoms. The Kier molecular flexibility index (Phi) is 3.94. The minimum absolute atomic E-state index is 0.0150. The lowest BCUT2D eigenvalue weighted by Gasteiger charge is -2.19. The number of nitrogen functional groups attached to an aromatic ring is 1. The SMILES string of the molecule is Nc1cn(C2CCCC2)nc1C(=O)N1CCCCCC1. The summed E-state index contributed by atoms with van der Waals surface area (Å²) in [4.78, 5) is 14.5. The number of carbonyl (C=O) groups excluding carboxylic acids is 1. The Labute approximate surface area is 120 Å². The highest BCUT2D eigenvalue weighted by Gasteiger charge is 2.25. The Bertz CT molecular complexity index is 468. The van der Waals surface area contributed by atoms with Gasteiger partial charge in [0.05, 0.1) is 11.7 Å². The predicted molar refractivity (Wildman–Crippen MR) is 78.5 cm³/mol. The van der Waals surface area contributed by atoms with Gasteiger partial charge in [0.2, 0.25) is 0 Å². The molecule has 1 saturated heterocycles. The molecular weight excluding hydrogens is 252 g/mol. The molecule has 2 N–H and O–H groups in total. The van der Waals surface area contributed by atoms with Crippen molar-refractivity contribution in [2.24, 2.45) is 0 Å². The zero-order chi connectivity index (χ0) is 13.9. The number of hydrogen-bond donors (Lipinski definition) is 1. The predicted octanol–water partition coefficient (Wildman–Crippen LogP) is 2.60. The van der Waals surface area contributed by atoms with Gasteiger partial charge in [0, 0.05) is 19.3 Å². The first-order chi connectivity index (χ1) is 9.75. The van der Waals surface area contributed by atoms with Gasteiger partial charge in [-0.05, 0) is 25.7 Å². The first-order valence-electron chi connectivity index (χ1n) is 7.89. The normalized spacial score (nSPS) is 21.1. The van der Waals surface area contributed by atoms with Crippen LogP contribution in [0.4, 0.5) is 5.69 Å². The molecule has 1 aromatic heterocycles. The van der Waals surface area contributed by atoms with Gasteiger partial charge in [0.1, 0.15) is 0 Å². The second-order valence-electron chi connectivity index (χ2n) is 6.06. The Morgan fingerprint density at radius 2 is 1.75 bits per heavy atom. The van der Waals surface area contributed by atoms with E-state index in [0.717, 1.165) is 38.8 Å². The summed E-state index contributed by atoms with van der Waals surface area (Å²) >= 11 is 0. The van der Waals surface area contributed by atoms with Gasteiger partial charge in [-0.3, -0.25) is 9.48 Å². The van der Waals surface area contributed by atoms with Crippen LogP contribution in [0.2, 0.25) is 0 Å². The third-order valence-electron chi connectivity index (χ3n) is 4.55. The highest BCUT2D eigenvalue weighted by atomic mass is 16.2. The third-order valence-corrected chi connectivity index (χ3v) is 4.55. The monoisotopic (exact) mass is 276 g/mol. The van der Waals surface area contributed by atoms with E-state index in [-0.39, 0.29) is 5.91 Å². The second kappa shape index (κ2) is 5.85. The zero-order valence-electron chi connectivity index (χ0n) is 12.1. The van der Waals surface area contributed by atoms with Crippen LogP contribution in [0, 0.1) is 0 Å². The molecule has 3 rings (SSSR count). The van der Waals surface area contributed by atoms with Gasteiger partial charge in [-0.1, -0.05) is 25.7 Å². The van der Waals surface area contributed by atoms with E-state index in [4.69, 9.17) is 5.73 Å². The van der Waals surface area contributed by atoms with Crippen molar-refractivity contribution in [1.29, 1.82) is 0 Å².